The number of carbonyl (C=O) groups is 2. The van der Waals surface area contributed by atoms with Crippen LogP contribution < -0.4 is 5.32 Å². The Balaban J connectivity index is 2.82. The molecule has 92 valence electrons. The third kappa shape index (κ3) is 4.07. The first-order valence-corrected chi connectivity index (χ1v) is 5.70. The lowest BCUT2D eigenvalue weighted by Crippen LogP contribution is -2.33. The molecule has 0 aliphatic heterocycles. The molecule has 4 nitrogen and oxygen atoms in total. The molecule has 0 aliphatic carbocycles. The lowest BCUT2D eigenvalue weighted by Gasteiger charge is -2.14. The largest absolute Gasteiger partial charge is 0.479 e. The monoisotopic (exact) mass is 255 g/mol. The highest BCUT2D eigenvalue weighted by Gasteiger charge is 2.21. The summed E-state index contributed by atoms with van der Waals surface area (Å²) in [5.41, 5.74) is 0.506. The standard InChI is InChI=1S/C12H14ClNO3/c1-2-3-10(15)14-11(12(16)17)8-4-6-9(13)7-5-8/h4-7,11H,2-3H2,1H3,(H,14,15)(H,16,17). The van der Waals surface area contributed by atoms with Crippen LogP contribution >= 0.6 is 11.6 Å². The highest BCUT2D eigenvalue weighted by atomic mass is 35.5. The highest BCUT2D eigenvalue weighted by molar-refractivity contribution is 6.30. The average molecular weight is 256 g/mol. The van der Waals surface area contributed by atoms with Crippen LogP contribution in [0.5, 0.6) is 0 Å². The number of aliphatic carboxylic acids is 1. The molecule has 2 N–H and O–H groups in total. The zero-order chi connectivity index (χ0) is 12.8. The van der Waals surface area contributed by atoms with Crippen molar-refractivity contribution >= 4 is 23.5 Å². The van der Waals surface area contributed by atoms with E-state index in [4.69, 9.17) is 16.7 Å². The number of carboxylic acids is 1. The van der Waals surface area contributed by atoms with Gasteiger partial charge in [-0.05, 0) is 24.1 Å². The van der Waals surface area contributed by atoms with Gasteiger partial charge in [0, 0.05) is 11.4 Å². The van der Waals surface area contributed by atoms with Crippen molar-refractivity contribution in [2.75, 3.05) is 0 Å². The molecular weight excluding hydrogens is 242 g/mol. The Hall–Kier alpha value is -1.55. The molecule has 0 fully saturated rings. The summed E-state index contributed by atoms with van der Waals surface area (Å²) < 4.78 is 0. The molecule has 1 aromatic rings. The van der Waals surface area contributed by atoms with Gasteiger partial charge in [0.2, 0.25) is 5.91 Å². The fourth-order valence-electron chi connectivity index (χ4n) is 1.40. The summed E-state index contributed by atoms with van der Waals surface area (Å²) in [7, 11) is 0. The Kier molecular flexibility index (Phi) is 4.97. The zero-order valence-corrected chi connectivity index (χ0v) is 10.2. The summed E-state index contributed by atoms with van der Waals surface area (Å²) >= 11 is 5.72. The second-order valence-corrected chi connectivity index (χ2v) is 4.08. The second-order valence-electron chi connectivity index (χ2n) is 3.64. The molecule has 0 aromatic heterocycles. The van der Waals surface area contributed by atoms with Crippen LogP contribution in [0.25, 0.3) is 0 Å². The summed E-state index contributed by atoms with van der Waals surface area (Å²) in [6, 6.07) is 5.35. The Morgan fingerprint density at radius 1 is 1.35 bits per heavy atom. The van der Waals surface area contributed by atoms with E-state index in [-0.39, 0.29) is 5.91 Å². The van der Waals surface area contributed by atoms with E-state index in [2.05, 4.69) is 5.32 Å². The topological polar surface area (TPSA) is 66.4 Å². The number of nitrogens with one attached hydrogen (secondary N) is 1. The van der Waals surface area contributed by atoms with Crippen LogP contribution in [-0.4, -0.2) is 17.0 Å². The lowest BCUT2D eigenvalue weighted by molar-refractivity contribution is -0.142. The Morgan fingerprint density at radius 3 is 2.41 bits per heavy atom. The lowest BCUT2D eigenvalue weighted by atomic mass is 10.1. The maximum absolute atomic E-state index is 11.4. The summed E-state index contributed by atoms with van der Waals surface area (Å²) in [5.74, 6) is -1.35. The van der Waals surface area contributed by atoms with E-state index in [0.29, 0.717) is 23.4 Å². The van der Waals surface area contributed by atoms with Crippen molar-refractivity contribution in [3.05, 3.63) is 34.9 Å². The predicted molar refractivity (Wildman–Crippen MR) is 64.9 cm³/mol. The van der Waals surface area contributed by atoms with Crippen LogP contribution in [0.1, 0.15) is 31.4 Å². The summed E-state index contributed by atoms with van der Waals surface area (Å²) in [5, 5.41) is 12.1. The summed E-state index contributed by atoms with van der Waals surface area (Å²) in [6.45, 7) is 1.86. The number of carbonyl (C=O) groups excluding carboxylic acids is 1. The van der Waals surface area contributed by atoms with Crippen molar-refractivity contribution in [2.45, 2.75) is 25.8 Å². The Morgan fingerprint density at radius 2 is 1.94 bits per heavy atom. The fourth-order valence-corrected chi connectivity index (χ4v) is 1.53. The molecule has 0 heterocycles. The molecule has 1 amide bonds. The summed E-state index contributed by atoms with van der Waals surface area (Å²) in [4.78, 5) is 22.5. The molecule has 1 aromatic carbocycles. The van der Waals surface area contributed by atoms with E-state index in [0.717, 1.165) is 0 Å². The van der Waals surface area contributed by atoms with Gasteiger partial charge >= 0.3 is 5.97 Å². The van der Waals surface area contributed by atoms with Crippen LogP contribution in [-0.2, 0) is 9.59 Å². The zero-order valence-electron chi connectivity index (χ0n) is 9.44. The number of hydrogen-bond donors (Lipinski definition) is 2. The molecule has 0 saturated carbocycles. The maximum Gasteiger partial charge on any atom is 0.330 e. The van der Waals surface area contributed by atoms with Crippen molar-refractivity contribution in [3.8, 4) is 0 Å². The van der Waals surface area contributed by atoms with Gasteiger partial charge < -0.3 is 10.4 Å². The molecule has 0 radical (unpaired) electrons. The third-order valence-corrected chi connectivity index (χ3v) is 2.48. The normalized spacial score (nSPS) is 11.9. The number of halogens is 1. The van der Waals surface area contributed by atoms with E-state index < -0.39 is 12.0 Å². The maximum atomic E-state index is 11.4. The van der Waals surface area contributed by atoms with Crippen LogP contribution in [0.3, 0.4) is 0 Å². The van der Waals surface area contributed by atoms with E-state index in [1.807, 2.05) is 6.92 Å². The molecule has 1 unspecified atom stereocenters. The van der Waals surface area contributed by atoms with E-state index in [1.165, 1.54) is 0 Å². The highest BCUT2D eigenvalue weighted by Crippen LogP contribution is 2.17. The molecule has 1 rings (SSSR count). The van der Waals surface area contributed by atoms with Crippen LogP contribution in [0.4, 0.5) is 0 Å². The van der Waals surface area contributed by atoms with Gasteiger partial charge in [0.05, 0.1) is 0 Å². The van der Waals surface area contributed by atoms with Gasteiger partial charge in [-0.25, -0.2) is 4.79 Å². The summed E-state index contributed by atoms with van der Waals surface area (Å²) in [6.07, 6.45) is 0.996. The Bertz CT molecular complexity index is 403. The van der Waals surface area contributed by atoms with Gasteiger partial charge in [0.25, 0.3) is 0 Å². The fraction of sp³-hybridized carbons (Fsp3) is 0.333. The average Bonchev–Trinajstić information content (AvgIpc) is 2.27. The van der Waals surface area contributed by atoms with Crippen molar-refractivity contribution < 1.29 is 14.7 Å². The SMILES string of the molecule is CCCC(=O)NC(C(=O)O)c1ccc(Cl)cc1. The predicted octanol–water partition coefficient (Wildman–Crippen LogP) is 2.38. The number of benzene rings is 1. The van der Waals surface area contributed by atoms with Gasteiger partial charge in [-0.3, -0.25) is 4.79 Å². The molecule has 5 heteroatoms. The molecule has 17 heavy (non-hydrogen) atoms. The van der Waals surface area contributed by atoms with Gasteiger partial charge in [0.15, 0.2) is 6.04 Å². The van der Waals surface area contributed by atoms with E-state index in [1.54, 1.807) is 24.3 Å². The van der Waals surface area contributed by atoms with Crippen molar-refractivity contribution in [1.82, 2.24) is 5.32 Å². The first-order valence-electron chi connectivity index (χ1n) is 5.32. The number of carboxylic acid groups (broad SMARTS) is 1. The molecule has 0 saturated heterocycles. The van der Waals surface area contributed by atoms with Gasteiger partial charge in [-0.15, -0.1) is 0 Å². The van der Waals surface area contributed by atoms with E-state index >= 15 is 0 Å². The van der Waals surface area contributed by atoms with Crippen molar-refractivity contribution in [3.63, 3.8) is 0 Å². The number of amides is 1. The van der Waals surface area contributed by atoms with Crippen LogP contribution in [0.15, 0.2) is 24.3 Å². The third-order valence-electron chi connectivity index (χ3n) is 2.23. The number of rotatable bonds is 5. The van der Waals surface area contributed by atoms with Gasteiger partial charge in [0.1, 0.15) is 0 Å². The molecule has 0 bridgehead atoms. The van der Waals surface area contributed by atoms with Crippen LogP contribution in [0.2, 0.25) is 5.02 Å². The van der Waals surface area contributed by atoms with Crippen molar-refractivity contribution in [1.29, 1.82) is 0 Å². The van der Waals surface area contributed by atoms with Crippen molar-refractivity contribution in [2.24, 2.45) is 0 Å². The first-order chi connectivity index (χ1) is 8.04. The van der Waals surface area contributed by atoms with Gasteiger partial charge in [-0.2, -0.15) is 0 Å². The van der Waals surface area contributed by atoms with E-state index in [9.17, 15) is 9.59 Å². The number of hydrogen-bond acceptors (Lipinski definition) is 2. The van der Waals surface area contributed by atoms with Gasteiger partial charge in [-0.1, -0.05) is 30.7 Å². The smallest absolute Gasteiger partial charge is 0.330 e. The molecule has 1 atom stereocenters. The Labute approximate surface area is 105 Å². The van der Waals surface area contributed by atoms with Crippen LogP contribution in [0, 0.1) is 0 Å². The molecule has 0 aliphatic rings. The quantitative estimate of drug-likeness (QED) is 0.849. The first kappa shape index (κ1) is 13.5. The minimum Gasteiger partial charge on any atom is -0.479 e. The minimum atomic E-state index is -1.09. The second kappa shape index (κ2) is 6.25. The molecule has 0 spiro atoms. The molecular formula is C12H14ClNO3. The minimum absolute atomic E-state index is 0.269.